The molecule has 7 heteroatoms. The van der Waals surface area contributed by atoms with Gasteiger partial charge >= 0.3 is 6.18 Å². The van der Waals surface area contributed by atoms with Gasteiger partial charge in [0.15, 0.2) is 0 Å². The third kappa shape index (κ3) is 3.85. The molecule has 0 fully saturated rings. The summed E-state index contributed by atoms with van der Waals surface area (Å²) in [4.78, 5) is 3.88. The quantitative estimate of drug-likeness (QED) is 0.800. The van der Waals surface area contributed by atoms with E-state index in [0.29, 0.717) is 5.69 Å². The molecule has 112 valence electrons. The van der Waals surface area contributed by atoms with Crippen LogP contribution in [0.25, 0.3) is 0 Å². The third-order valence-corrected chi connectivity index (χ3v) is 3.18. The van der Waals surface area contributed by atoms with Crippen molar-refractivity contribution in [1.29, 1.82) is 0 Å². The van der Waals surface area contributed by atoms with Crippen molar-refractivity contribution in [2.75, 3.05) is 5.32 Å². The number of alkyl halides is 3. The van der Waals surface area contributed by atoms with Gasteiger partial charge in [-0.1, -0.05) is 11.6 Å². The first-order chi connectivity index (χ1) is 9.77. The van der Waals surface area contributed by atoms with Crippen LogP contribution in [0.15, 0.2) is 36.5 Å². The molecule has 0 saturated carbocycles. The van der Waals surface area contributed by atoms with E-state index in [4.69, 9.17) is 11.6 Å². The topological polar surface area (TPSA) is 24.9 Å². The number of anilines is 1. The molecular weight excluding hydrogens is 308 g/mol. The van der Waals surface area contributed by atoms with Crippen molar-refractivity contribution in [3.05, 3.63) is 58.6 Å². The van der Waals surface area contributed by atoms with Gasteiger partial charge in [0, 0.05) is 5.69 Å². The second kappa shape index (κ2) is 5.89. The summed E-state index contributed by atoms with van der Waals surface area (Å²) >= 11 is 5.55. The van der Waals surface area contributed by atoms with Crippen LogP contribution in [-0.4, -0.2) is 4.98 Å². The van der Waals surface area contributed by atoms with Crippen LogP contribution in [-0.2, 0) is 6.18 Å². The number of hydrogen-bond donors (Lipinski definition) is 1. The zero-order valence-corrected chi connectivity index (χ0v) is 11.6. The molecule has 0 aliphatic carbocycles. The predicted molar refractivity (Wildman–Crippen MR) is 72.7 cm³/mol. The van der Waals surface area contributed by atoms with Gasteiger partial charge in [-0.15, -0.1) is 0 Å². The molecule has 0 aliphatic rings. The summed E-state index contributed by atoms with van der Waals surface area (Å²) in [5.74, 6) is -0.475. The molecule has 2 rings (SSSR count). The number of nitrogens with one attached hydrogen (secondary N) is 1. The Morgan fingerprint density at radius 1 is 1.19 bits per heavy atom. The third-order valence-electron chi connectivity index (χ3n) is 2.85. The summed E-state index contributed by atoms with van der Waals surface area (Å²) in [5, 5.41) is 2.51. The lowest BCUT2D eigenvalue weighted by Gasteiger charge is -2.17. The van der Waals surface area contributed by atoms with Crippen molar-refractivity contribution >= 4 is 17.3 Å². The molecule has 0 radical (unpaired) electrons. The molecule has 21 heavy (non-hydrogen) atoms. The summed E-state index contributed by atoms with van der Waals surface area (Å²) in [6, 6.07) is 5.88. The fourth-order valence-electron chi connectivity index (χ4n) is 1.80. The fourth-order valence-corrected chi connectivity index (χ4v) is 2.02. The van der Waals surface area contributed by atoms with E-state index < -0.39 is 17.6 Å². The average Bonchev–Trinajstić information content (AvgIpc) is 2.40. The molecule has 2 nitrogen and oxygen atoms in total. The monoisotopic (exact) mass is 318 g/mol. The van der Waals surface area contributed by atoms with Gasteiger partial charge in [-0.3, -0.25) is 4.98 Å². The van der Waals surface area contributed by atoms with Crippen LogP contribution in [0.1, 0.15) is 24.2 Å². The lowest BCUT2D eigenvalue weighted by molar-refractivity contribution is -0.137. The normalized spacial score (nSPS) is 13.0. The highest BCUT2D eigenvalue weighted by Gasteiger charge is 2.33. The molecule has 1 atom stereocenters. The number of halogens is 5. The number of rotatable bonds is 3. The minimum absolute atomic E-state index is 0.255. The highest BCUT2D eigenvalue weighted by Crippen LogP contribution is 2.36. The Hall–Kier alpha value is -1.82. The van der Waals surface area contributed by atoms with Crippen molar-refractivity contribution in [2.45, 2.75) is 19.1 Å². The van der Waals surface area contributed by atoms with E-state index in [1.54, 1.807) is 6.92 Å². The Morgan fingerprint density at radius 2 is 1.90 bits per heavy atom. The summed E-state index contributed by atoms with van der Waals surface area (Å²) in [6.07, 6.45) is -3.47. The minimum atomic E-state index is -4.52. The van der Waals surface area contributed by atoms with Gasteiger partial charge in [-0.25, -0.2) is 4.39 Å². The van der Waals surface area contributed by atoms with E-state index in [1.807, 2.05) is 0 Å². The van der Waals surface area contributed by atoms with E-state index >= 15 is 0 Å². The van der Waals surface area contributed by atoms with E-state index in [1.165, 1.54) is 24.3 Å². The van der Waals surface area contributed by atoms with Gasteiger partial charge in [0.2, 0.25) is 0 Å². The zero-order valence-electron chi connectivity index (χ0n) is 10.9. The summed E-state index contributed by atoms with van der Waals surface area (Å²) < 4.78 is 51.1. The number of hydrogen-bond acceptors (Lipinski definition) is 2. The Balaban J connectivity index is 2.21. The maximum absolute atomic E-state index is 12.8. The van der Waals surface area contributed by atoms with Crippen molar-refractivity contribution in [3.63, 3.8) is 0 Å². The molecule has 0 spiro atoms. The first-order valence-corrected chi connectivity index (χ1v) is 6.40. The van der Waals surface area contributed by atoms with Gasteiger partial charge in [0.25, 0.3) is 0 Å². The smallest absolute Gasteiger partial charge is 0.377 e. The molecule has 1 heterocycles. The lowest BCUT2D eigenvalue weighted by Crippen LogP contribution is -2.11. The molecule has 0 saturated heterocycles. The van der Waals surface area contributed by atoms with Gasteiger partial charge in [0.1, 0.15) is 5.82 Å². The Labute approximate surface area is 123 Å². The van der Waals surface area contributed by atoms with Crippen molar-refractivity contribution in [1.82, 2.24) is 4.98 Å². The van der Waals surface area contributed by atoms with E-state index in [-0.39, 0.29) is 16.8 Å². The molecule has 0 aliphatic heterocycles. The minimum Gasteiger partial charge on any atom is -0.377 e. The lowest BCUT2D eigenvalue weighted by atomic mass is 10.1. The van der Waals surface area contributed by atoms with Gasteiger partial charge < -0.3 is 5.32 Å². The summed E-state index contributed by atoms with van der Waals surface area (Å²) in [5.41, 5.74) is -0.140. The molecule has 2 aromatic rings. The molecule has 0 amide bonds. The zero-order chi connectivity index (χ0) is 15.6. The van der Waals surface area contributed by atoms with Crippen molar-refractivity contribution in [2.24, 2.45) is 0 Å². The van der Waals surface area contributed by atoms with Crippen LogP contribution in [0.5, 0.6) is 0 Å². The van der Waals surface area contributed by atoms with Crippen LogP contribution in [0, 0.1) is 5.82 Å². The first-order valence-electron chi connectivity index (χ1n) is 6.02. The van der Waals surface area contributed by atoms with Crippen molar-refractivity contribution in [3.8, 4) is 0 Å². The number of benzene rings is 1. The van der Waals surface area contributed by atoms with Gasteiger partial charge in [0.05, 0.1) is 28.5 Å². The van der Waals surface area contributed by atoms with E-state index in [2.05, 4.69) is 10.3 Å². The highest BCUT2D eigenvalue weighted by atomic mass is 35.5. The molecule has 0 bridgehead atoms. The van der Waals surface area contributed by atoms with Crippen LogP contribution < -0.4 is 5.32 Å². The largest absolute Gasteiger partial charge is 0.417 e. The maximum Gasteiger partial charge on any atom is 0.417 e. The van der Waals surface area contributed by atoms with Gasteiger partial charge in [-0.05, 0) is 37.3 Å². The van der Waals surface area contributed by atoms with Gasteiger partial charge in [-0.2, -0.15) is 13.2 Å². The van der Waals surface area contributed by atoms with E-state index in [0.717, 1.165) is 12.3 Å². The summed E-state index contributed by atoms with van der Waals surface area (Å²) in [7, 11) is 0. The second-order valence-electron chi connectivity index (χ2n) is 4.46. The Bertz CT molecular complexity index is 626. The average molecular weight is 319 g/mol. The molecule has 1 aromatic carbocycles. The van der Waals surface area contributed by atoms with Crippen LogP contribution in [0.3, 0.4) is 0 Å². The number of nitrogens with zero attached hydrogens (tertiary/aromatic N) is 1. The molecular formula is C14H11ClF4N2. The van der Waals surface area contributed by atoms with Crippen LogP contribution in [0.2, 0.25) is 5.02 Å². The highest BCUT2D eigenvalue weighted by molar-refractivity contribution is 6.31. The summed E-state index contributed by atoms with van der Waals surface area (Å²) in [6.45, 7) is 1.71. The van der Waals surface area contributed by atoms with Crippen LogP contribution >= 0.6 is 11.6 Å². The molecule has 1 unspecified atom stereocenters. The first kappa shape index (κ1) is 15.6. The fraction of sp³-hybridized carbons (Fsp3) is 0.214. The number of aromatic nitrogens is 1. The number of pyridine rings is 1. The molecule has 1 aromatic heterocycles. The van der Waals surface area contributed by atoms with Crippen LogP contribution in [0.4, 0.5) is 23.2 Å². The SMILES string of the molecule is CC(Nc1ccc(Cl)c(C(F)(F)F)c1)c1ccc(F)cn1. The van der Waals surface area contributed by atoms with Crippen molar-refractivity contribution < 1.29 is 17.6 Å². The maximum atomic E-state index is 12.8. The second-order valence-corrected chi connectivity index (χ2v) is 4.87. The molecule has 1 N–H and O–H groups in total. The Morgan fingerprint density at radius 3 is 2.48 bits per heavy atom. The van der Waals surface area contributed by atoms with E-state index in [9.17, 15) is 17.6 Å². The predicted octanol–water partition coefficient (Wildman–Crippen LogP) is 5.07. The standard InChI is InChI=1S/C14H11ClF4N2/c1-8(13-5-2-9(16)7-20-13)21-10-3-4-12(15)11(6-10)14(17,18)19/h2-8,21H,1H3. The Kier molecular flexibility index (Phi) is 4.37.